The largest absolute Gasteiger partial charge is 0.357 e. The Hall–Kier alpha value is -0.190. The first-order valence-electron chi connectivity index (χ1n) is 7.23. The zero-order valence-corrected chi connectivity index (χ0v) is 19.1. The Bertz CT molecular complexity index is 627. The van der Waals surface area contributed by atoms with Crippen LogP contribution < -0.4 is 5.32 Å². The molecule has 0 aliphatic heterocycles. The molecule has 0 spiro atoms. The first kappa shape index (κ1) is 20.9. The summed E-state index contributed by atoms with van der Waals surface area (Å²) in [7, 11) is 2.07. The molecular weight excluding hydrogens is 507 g/mol. The Morgan fingerprint density at radius 2 is 2.17 bits per heavy atom. The number of hydrogen-bond donors (Lipinski definition) is 1. The van der Waals surface area contributed by atoms with Gasteiger partial charge in [0.25, 0.3) is 0 Å². The Balaban J connectivity index is 0.00000264. The molecule has 0 amide bonds. The topological polar surface area (TPSA) is 40.5 Å². The van der Waals surface area contributed by atoms with Gasteiger partial charge in [0.2, 0.25) is 0 Å². The van der Waals surface area contributed by atoms with E-state index < -0.39 is 0 Å². The number of halogens is 2. The lowest BCUT2D eigenvalue weighted by Crippen LogP contribution is -2.38. The number of thiophene rings is 1. The molecule has 0 radical (unpaired) electrons. The molecule has 8 heteroatoms. The molecule has 0 aromatic carbocycles. The molecule has 23 heavy (non-hydrogen) atoms. The van der Waals surface area contributed by atoms with Crippen molar-refractivity contribution in [1.82, 2.24) is 15.2 Å². The second-order valence-electron chi connectivity index (χ2n) is 4.91. The third-order valence-corrected chi connectivity index (χ3v) is 5.56. The summed E-state index contributed by atoms with van der Waals surface area (Å²) in [6, 6.07) is 4.23. The maximum absolute atomic E-state index is 4.71. The van der Waals surface area contributed by atoms with Crippen LogP contribution in [0.5, 0.6) is 0 Å². The monoisotopic (exact) mass is 528 g/mol. The van der Waals surface area contributed by atoms with Crippen LogP contribution >= 0.6 is 62.6 Å². The van der Waals surface area contributed by atoms with Crippen molar-refractivity contribution in [2.45, 2.75) is 26.8 Å². The number of hydrogen-bond acceptors (Lipinski definition) is 4. The van der Waals surface area contributed by atoms with E-state index in [1.54, 1.807) is 22.7 Å². The third-order valence-electron chi connectivity index (χ3n) is 2.97. The van der Waals surface area contributed by atoms with E-state index in [0.717, 1.165) is 40.8 Å². The van der Waals surface area contributed by atoms with Crippen LogP contribution in [0.25, 0.3) is 0 Å². The van der Waals surface area contributed by atoms with Crippen LogP contribution in [0.15, 0.2) is 27.1 Å². The average Bonchev–Trinajstić information content (AvgIpc) is 3.06. The summed E-state index contributed by atoms with van der Waals surface area (Å²) >= 11 is 7.02. The molecular formula is C15H22BrIN4S2. The van der Waals surface area contributed by atoms with E-state index in [0.29, 0.717) is 0 Å². The summed E-state index contributed by atoms with van der Waals surface area (Å²) in [4.78, 5) is 13.8. The Labute approximate surface area is 171 Å². The van der Waals surface area contributed by atoms with Crippen molar-refractivity contribution in [3.63, 3.8) is 0 Å². The molecule has 0 saturated heterocycles. The standard InChI is InChI=1S/C15H21BrN4S2.HI/c1-4-17-15(18-8-7-14-19-9-11(2)21-14)20(3)10-12-5-6-13(16)22-12;/h5-6,9H,4,7-8,10H2,1-3H3,(H,17,18);1H. The smallest absolute Gasteiger partial charge is 0.193 e. The molecule has 2 aromatic rings. The Kier molecular flexibility index (Phi) is 9.64. The van der Waals surface area contributed by atoms with Crippen LogP contribution in [-0.4, -0.2) is 36.0 Å². The molecule has 0 aliphatic carbocycles. The second kappa shape index (κ2) is 10.6. The van der Waals surface area contributed by atoms with E-state index in [4.69, 9.17) is 4.99 Å². The first-order valence-corrected chi connectivity index (χ1v) is 9.66. The molecule has 2 aromatic heterocycles. The first-order chi connectivity index (χ1) is 10.6. The van der Waals surface area contributed by atoms with E-state index in [9.17, 15) is 0 Å². The molecule has 0 unspecified atom stereocenters. The predicted octanol–water partition coefficient (Wildman–Crippen LogP) is 4.53. The summed E-state index contributed by atoms with van der Waals surface area (Å²) in [6.07, 6.45) is 2.82. The van der Waals surface area contributed by atoms with E-state index in [1.807, 2.05) is 6.20 Å². The SMILES string of the molecule is CCNC(=NCCc1ncc(C)s1)N(C)Cc1ccc(Br)s1.I. The fourth-order valence-corrected chi connectivity index (χ4v) is 4.30. The lowest BCUT2D eigenvalue weighted by molar-refractivity contribution is 0.481. The summed E-state index contributed by atoms with van der Waals surface area (Å²) in [6.45, 7) is 6.66. The maximum Gasteiger partial charge on any atom is 0.193 e. The number of nitrogens with zero attached hydrogens (tertiary/aromatic N) is 3. The van der Waals surface area contributed by atoms with Gasteiger partial charge in [-0.1, -0.05) is 0 Å². The van der Waals surface area contributed by atoms with Crippen molar-refractivity contribution in [2.75, 3.05) is 20.1 Å². The highest BCUT2D eigenvalue weighted by Crippen LogP contribution is 2.23. The number of guanidine groups is 1. The van der Waals surface area contributed by atoms with Gasteiger partial charge in [-0.25, -0.2) is 4.98 Å². The van der Waals surface area contributed by atoms with Crippen molar-refractivity contribution in [2.24, 2.45) is 4.99 Å². The molecule has 4 nitrogen and oxygen atoms in total. The van der Waals surface area contributed by atoms with Crippen molar-refractivity contribution in [3.05, 3.63) is 36.9 Å². The van der Waals surface area contributed by atoms with Gasteiger partial charge in [-0.3, -0.25) is 4.99 Å². The Morgan fingerprint density at radius 3 is 2.74 bits per heavy atom. The molecule has 0 atom stereocenters. The van der Waals surface area contributed by atoms with Gasteiger partial charge in [-0.05, 0) is 41.9 Å². The minimum absolute atomic E-state index is 0. The number of aryl methyl sites for hydroxylation is 1. The van der Waals surface area contributed by atoms with E-state index >= 15 is 0 Å². The van der Waals surface area contributed by atoms with Crippen LogP contribution in [0.2, 0.25) is 0 Å². The molecule has 0 aliphatic rings. The van der Waals surface area contributed by atoms with Gasteiger partial charge < -0.3 is 10.2 Å². The van der Waals surface area contributed by atoms with Gasteiger partial charge in [-0.2, -0.15) is 0 Å². The van der Waals surface area contributed by atoms with Crippen LogP contribution in [0.3, 0.4) is 0 Å². The number of rotatable bonds is 6. The van der Waals surface area contributed by atoms with Crippen LogP contribution in [0, 0.1) is 6.92 Å². The Morgan fingerprint density at radius 1 is 1.39 bits per heavy atom. The summed E-state index contributed by atoms with van der Waals surface area (Å²) < 4.78 is 1.16. The van der Waals surface area contributed by atoms with Gasteiger partial charge in [0, 0.05) is 42.5 Å². The van der Waals surface area contributed by atoms with Crippen molar-refractivity contribution in [1.29, 1.82) is 0 Å². The van der Waals surface area contributed by atoms with Gasteiger partial charge >= 0.3 is 0 Å². The maximum atomic E-state index is 4.71. The minimum atomic E-state index is 0. The molecule has 128 valence electrons. The van der Waals surface area contributed by atoms with Gasteiger partial charge in [-0.15, -0.1) is 46.7 Å². The van der Waals surface area contributed by atoms with Crippen LogP contribution in [0.4, 0.5) is 0 Å². The fourth-order valence-electron chi connectivity index (χ4n) is 1.99. The average molecular weight is 529 g/mol. The molecule has 0 saturated carbocycles. The zero-order valence-electron chi connectivity index (χ0n) is 13.5. The summed E-state index contributed by atoms with van der Waals surface area (Å²) in [5, 5.41) is 4.51. The fraction of sp³-hybridized carbons (Fsp3) is 0.467. The predicted molar refractivity (Wildman–Crippen MR) is 115 cm³/mol. The lowest BCUT2D eigenvalue weighted by Gasteiger charge is -2.21. The molecule has 0 bridgehead atoms. The van der Waals surface area contributed by atoms with E-state index in [1.165, 1.54) is 9.75 Å². The zero-order chi connectivity index (χ0) is 15.9. The van der Waals surface area contributed by atoms with Gasteiger partial charge in [0.15, 0.2) is 5.96 Å². The number of thiazole rings is 1. The number of aromatic nitrogens is 1. The van der Waals surface area contributed by atoms with E-state index in [2.05, 4.69) is 64.2 Å². The highest BCUT2D eigenvalue weighted by molar-refractivity contribution is 14.0. The summed E-state index contributed by atoms with van der Waals surface area (Å²) in [5.74, 6) is 0.945. The van der Waals surface area contributed by atoms with Crippen LogP contribution in [0.1, 0.15) is 21.7 Å². The quantitative estimate of drug-likeness (QED) is 0.340. The molecule has 2 rings (SSSR count). The minimum Gasteiger partial charge on any atom is -0.357 e. The van der Waals surface area contributed by atoms with Gasteiger partial charge in [0.1, 0.15) is 0 Å². The molecule has 0 fully saturated rings. The second-order valence-corrected chi connectivity index (χ2v) is 8.78. The highest BCUT2D eigenvalue weighted by atomic mass is 127. The van der Waals surface area contributed by atoms with Crippen LogP contribution in [-0.2, 0) is 13.0 Å². The van der Waals surface area contributed by atoms with Crippen molar-refractivity contribution >= 4 is 68.5 Å². The summed E-state index contributed by atoms with van der Waals surface area (Å²) in [5.41, 5.74) is 0. The van der Waals surface area contributed by atoms with Gasteiger partial charge in [0.05, 0.1) is 15.3 Å². The highest BCUT2D eigenvalue weighted by Gasteiger charge is 2.08. The number of aliphatic imine (C=N–C) groups is 1. The molecule has 2 heterocycles. The third kappa shape index (κ3) is 7.06. The lowest BCUT2D eigenvalue weighted by atomic mass is 10.4. The molecule has 1 N–H and O–H groups in total. The van der Waals surface area contributed by atoms with E-state index in [-0.39, 0.29) is 24.0 Å². The normalized spacial score (nSPS) is 11.2. The van der Waals surface area contributed by atoms with Crippen molar-refractivity contribution < 1.29 is 0 Å². The number of nitrogens with one attached hydrogen (secondary N) is 1. The van der Waals surface area contributed by atoms with Crippen molar-refractivity contribution in [3.8, 4) is 0 Å².